The molecule has 0 bridgehead atoms. The Morgan fingerprint density at radius 2 is 2.05 bits per heavy atom. The molecule has 0 aliphatic carbocycles. The Morgan fingerprint density at radius 1 is 1.18 bits per heavy atom. The summed E-state index contributed by atoms with van der Waals surface area (Å²) in [5.41, 5.74) is 7.91. The number of H-pyrrole nitrogens is 1. The third-order valence-corrected chi connectivity index (χ3v) is 3.63. The van der Waals surface area contributed by atoms with Crippen LogP contribution in [-0.2, 0) is 0 Å². The SMILES string of the molecule is Nc1ccc2c(c1)oc(=O)n2C(=O)c1cccc2cc[nH]c12. The molecule has 6 nitrogen and oxygen atoms in total. The van der Waals surface area contributed by atoms with Crippen LogP contribution < -0.4 is 11.5 Å². The van der Waals surface area contributed by atoms with Gasteiger partial charge in [-0.15, -0.1) is 0 Å². The lowest BCUT2D eigenvalue weighted by Crippen LogP contribution is -2.23. The summed E-state index contributed by atoms with van der Waals surface area (Å²) in [6, 6.07) is 11.9. The fourth-order valence-corrected chi connectivity index (χ4v) is 2.61. The summed E-state index contributed by atoms with van der Waals surface area (Å²) in [5.74, 6) is -1.17. The van der Waals surface area contributed by atoms with E-state index in [2.05, 4.69) is 4.98 Å². The zero-order chi connectivity index (χ0) is 15.3. The second-order valence-corrected chi connectivity index (χ2v) is 4.98. The number of nitrogens with zero attached hydrogens (tertiary/aromatic N) is 1. The van der Waals surface area contributed by atoms with Crippen LogP contribution in [0.3, 0.4) is 0 Å². The average molecular weight is 293 g/mol. The average Bonchev–Trinajstić information content (AvgIpc) is 3.09. The predicted molar refractivity (Wildman–Crippen MR) is 82.9 cm³/mol. The van der Waals surface area contributed by atoms with Gasteiger partial charge >= 0.3 is 5.76 Å². The summed E-state index contributed by atoms with van der Waals surface area (Å²) in [6.45, 7) is 0. The lowest BCUT2D eigenvalue weighted by atomic mass is 10.1. The van der Waals surface area contributed by atoms with Crippen molar-refractivity contribution >= 4 is 33.6 Å². The molecular formula is C16H11N3O3. The number of anilines is 1. The molecule has 4 rings (SSSR count). The monoisotopic (exact) mass is 293 g/mol. The van der Waals surface area contributed by atoms with Crippen LogP contribution in [0.5, 0.6) is 0 Å². The normalized spacial score (nSPS) is 11.3. The third kappa shape index (κ3) is 1.67. The van der Waals surface area contributed by atoms with Crippen LogP contribution in [0.2, 0.25) is 0 Å². The first-order valence-corrected chi connectivity index (χ1v) is 6.67. The number of hydrogen-bond acceptors (Lipinski definition) is 4. The van der Waals surface area contributed by atoms with Gasteiger partial charge in [-0.3, -0.25) is 4.79 Å². The maximum Gasteiger partial charge on any atom is 0.427 e. The van der Waals surface area contributed by atoms with Gasteiger partial charge in [-0.1, -0.05) is 12.1 Å². The van der Waals surface area contributed by atoms with Crippen molar-refractivity contribution in [3.8, 4) is 0 Å². The maximum atomic E-state index is 12.8. The molecule has 2 heterocycles. The summed E-state index contributed by atoms with van der Waals surface area (Å²) >= 11 is 0. The van der Waals surface area contributed by atoms with E-state index in [1.165, 1.54) is 6.07 Å². The van der Waals surface area contributed by atoms with E-state index in [1.807, 2.05) is 12.1 Å². The first kappa shape index (κ1) is 12.5. The number of aromatic nitrogens is 2. The Labute approximate surface area is 123 Å². The molecule has 108 valence electrons. The summed E-state index contributed by atoms with van der Waals surface area (Å²) in [5, 5.41) is 0.899. The van der Waals surface area contributed by atoms with E-state index in [-0.39, 0.29) is 5.58 Å². The zero-order valence-corrected chi connectivity index (χ0v) is 11.4. The summed E-state index contributed by atoms with van der Waals surface area (Å²) in [4.78, 5) is 27.9. The van der Waals surface area contributed by atoms with E-state index >= 15 is 0 Å². The minimum absolute atomic E-state index is 0.289. The number of aromatic amines is 1. The van der Waals surface area contributed by atoms with Crippen molar-refractivity contribution in [2.24, 2.45) is 0 Å². The number of nitrogens with one attached hydrogen (secondary N) is 1. The predicted octanol–water partition coefficient (Wildman–Crippen LogP) is 2.35. The van der Waals surface area contributed by atoms with Crippen LogP contribution in [0.1, 0.15) is 10.4 Å². The highest BCUT2D eigenvalue weighted by Crippen LogP contribution is 2.21. The summed E-state index contributed by atoms with van der Waals surface area (Å²) in [7, 11) is 0. The molecule has 0 atom stereocenters. The molecule has 0 aliphatic heterocycles. The minimum Gasteiger partial charge on any atom is -0.407 e. The largest absolute Gasteiger partial charge is 0.427 e. The number of carbonyl (C=O) groups excluding carboxylic acids is 1. The van der Waals surface area contributed by atoms with Gasteiger partial charge in [0.05, 0.1) is 16.6 Å². The molecule has 0 saturated carbocycles. The molecule has 2 aromatic heterocycles. The fraction of sp³-hybridized carbons (Fsp3) is 0. The van der Waals surface area contributed by atoms with E-state index in [0.717, 1.165) is 9.95 Å². The van der Waals surface area contributed by atoms with Crippen LogP contribution in [0, 0.1) is 0 Å². The van der Waals surface area contributed by atoms with Gasteiger partial charge in [-0.2, -0.15) is 0 Å². The zero-order valence-electron chi connectivity index (χ0n) is 11.4. The van der Waals surface area contributed by atoms with Gasteiger partial charge < -0.3 is 15.1 Å². The standard InChI is InChI=1S/C16H11N3O3/c17-10-4-5-12-13(8-10)22-16(21)19(12)15(20)11-3-1-2-9-6-7-18-14(9)11/h1-8,18H,17H2. The van der Waals surface area contributed by atoms with Crippen molar-refractivity contribution < 1.29 is 9.21 Å². The number of oxazole rings is 1. The fourth-order valence-electron chi connectivity index (χ4n) is 2.61. The number of benzene rings is 2. The molecule has 22 heavy (non-hydrogen) atoms. The highest BCUT2D eigenvalue weighted by molar-refractivity contribution is 6.09. The number of fused-ring (bicyclic) bond motifs is 2. The van der Waals surface area contributed by atoms with E-state index in [0.29, 0.717) is 22.3 Å². The third-order valence-electron chi connectivity index (χ3n) is 3.63. The van der Waals surface area contributed by atoms with Gasteiger partial charge in [0, 0.05) is 23.3 Å². The van der Waals surface area contributed by atoms with Gasteiger partial charge in [0.1, 0.15) is 0 Å². The molecule has 0 amide bonds. The Morgan fingerprint density at radius 3 is 2.91 bits per heavy atom. The smallest absolute Gasteiger partial charge is 0.407 e. The Hall–Kier alpha value is -3.28. The first-order chi connectivity index (χ1) is 10.6. The highest BCUT2D eigenvalue weighted by atomic mass is 16.4. The molecule has 0 radical (unpaired) electrons. The van der Waals surface area contributed by atoms with Crippen LogP contribution in [0.25, 0.3) is 22.0 Å². The van der Waals surface area contributed by atoms with Crippen molar-refractivity contribution in [3.05, 3.63) is 64.8 Å². The molecular weight excluding hydrogens is 282 g/mol. The van der Waals surface area contributed by atoms with Gasteiger partial charge in [0.15, 0.2) is 5.58 Å². The molecule has 0 unspecified atom stereocenters. The number of carbonyl (C=O) groups is 1. The van der Waals surface area contributed by atoms with Crippen molar-refractivity contribution in [1.82, 2.24) is 9.55 Å². The van der Waals surface area contributed by atoms with Crippen LogP contribution in [-0.4, -0.2) is 15.5 Å². The Bertz CT molecular complexity index is 1080. The molecule has 0 spiro atoms. The Balaban J connectivity index is 1.99. The van der Waals surface area contributed by atoms with Crippen LogP contribution in [0.4, 0.5) is 5.69 Å². The topological polar surface area (TPSA) is 94.0 Å². The van der Waals surface area contributed by atoms with Gasteiger partial charge in [0.2, 0.25) is 0 Å². The lowest BCUT2D eigenvalue weighted by Gasteiger charge is -2.03. The summed E-state index contributed by atoms with van der Waals surface area (Å²) < 4.78 is 6.13. The van der Waals surface area contributed by atoms with E-state index in [9.17, 15) is 9.59 Å². The van der Waals surface area contributed by atoms with E-state index in [4.69, 9.17) is 10.2 Å². The number of hydrogen-bond donors (Lipinski definition) is 2. The molecule has 4 aromatic rings. The van der Waals surface area contributed by atoms with E-state index < -0.39 is 11.7 Å². The van der Waals surface area contributed by atoms with Crippen molar-refractivity contribution in [3.63, 3.8) is 0 Å². The number of rotatable bonds is 1. The molecule has 6 heteroatoms. The van der Waals surface area contributed by atoms with Crippen molar-refractivity contribution in [2.45, 2.75) is 0 Å². The van der Waals surface area contributed by atoms with Crippen molar-refractivity contribution in [2.75, 3.05) is 5.73 Å². The van der Waals surface area contributed by atoms with Crippen LogP contribution >= 0.6 is 0 Å². The number of para-hydroxylation sites is 1. The lowest BCUT2D eigenvalue weighted by molar-refractivity contribution is 0.0958. The first-order valence-electron chi connectivity index (χ1n) is 6.67. The molecule has 0 saturated heterocycles. The van der Waals surface area contributed by atoms with Gasteiger partial charge in [-0.05, 0) is 24.3 Å². The quantitative estimate of drug-likeness (QED) is 0.527. The second-order valence-electron chi connectivity index (χ2n) is 4.98. The van der Waals surface area contributed by atoms with E-state index in [1.54, 1.807) is 30.5 Å². The molecule has 2 aromatic carbocycles. The summed E-state index contributed by atoms with van der Waals surface area (Å²) in [6.07, 6.45) is 1.75. The maximum absolute atomic E-state index is 12.8. The van der Waals surface area contributed by atoms with Crippen LogP contribution in [0.15, 0.2) is 57.9 Å². The molecule has 3 N–H and O–H groups in total. The number of nitrogen functional groups attached to an aromatic ring is 1. The highest BCUT2D eigenvalue weighted by Gasteiger charge is 2.20. The Kier molecular flexibility index (Phi) is 2.47. The molecule has 0 fully saturated rings. The minimum atomic E-state index is -0.728. The van der Waals surface area contributed by atoms with Gasteiger partial charge in [0.25, 0.3) is 5.91 Å². The molecule has 0 aliphatic rings. The second kappa shape index (κ2) is 4.36. The van der Waals surface area contributed by atoms with Gasteiger partial charge in [-0.25, -0.2) is 9.36 Å². The number of nitrogens with two attached hydrogens (primary N) is 1. The van der Waals surface area contributed by atoms with Crippen molar-refractivity contribution in [1.29, 1.82) is 0 Å².